The molecule has 0 aliphatic carbocycles. The Morgan fingerprint density at radius 1 is 0.531 bits per heavy atom. The minimum atomic E-state index is -3.84. The van der Waals surface area contributed by atoms with Crippen molar-refractivity contribution in [1.29, 1.82) is 0 Å². The summed E-state index contributed by atoms with van der Waals surface area (Å²) in [5, 5.41) is 6.48. The lowest BCUT2D eigenvalue weighted by atomic mass is 10.2. The monoisotopic (exact) mass is 760 g/mol. The summed E-state index contributed by atoms with van der Waals surface area (Å²) < 4.78 is 89.1. The zero-order valence-electron chi connectivity index (χ0n) is 27.0. The van der Waals surface area contributed by atoms with Gasteiger partial charge in [0.2, 0.25) is 0 Å². The number of nitrogens with zero attached hydrogens (tertiary/aromatic N) is 6. The molecule has 0 N–H and O–H groups in total. The molecule has 0 aliphatic heterocycles. The molecule has 3 aromatic carbocycles. The van der Waals surface area contributed by atoms with Crippen LogP contribution in [0, 0.1) is 20.8 Å². The van der Waals surface area contributed by atoms with E-state index < -0.39 is 29.3 Å². The van der Waals surface area contributed by atoms with Gasteiger partial charge in [-0.05, 0) is 68.2 Å². The van der Waals surface area contributed by atoms with E-state index in [1.54, 1.807) is 36.4 Å². The number of halogens is 1. The van der Waals surface area contributed by atoms with Gasteiger partial charge < -0.3 is 9.47 Å². The molecule has 0 fully saturated rings. The van der Waals surface area contributed by atoms with Crippen molar-refractivity contribution in [2.75, 3.05) is 52.7 Å². The van der Waals surface area contributed by atoms with E-state index in [0.717, 1.165) is 16.7 Å². The molecule has 0 spiro atoms. The van der Waals surface area contributed by atoms with Crippen LogP contribution in [0.1, 0.15) is 16.7 Å². The number of benzene rings is 3. The summed E-state index contributed by atoms with van der Waals surface area (Å²) >= 11 is 0. The Labute approximate surface area is 290 Å². The molecule has 20 heteroatoms. The molecule has 3 aromatic rings. The van der Waals surface area contributed by atoms with Gasteiger partial charge in [0.25, 0.3) is 29.3 Å². The smallest absolute Gasteiger partial charge is 0.297 e. The first-order valence-electron chi connectivity index (χ1n) is 14.2. The lowest BCUT2D eigenvalue weighted by molar-refractivity contribution is 0.0794. The van der Waals surface area contributed by atoms with Gasteiger partial charge in [0.1, 0.15) is 0 Å². The average molecular weight is 761 g/mol. The first-order valence-corrected chi connectivity index (χ1v) is 19.4. The van der Waals surface area contributed by atoms with Gasteiger partial charge >= 0.3 is 0 Å². The van der Waals surface area contributed by atoms with Crippen LogP contribution in [0.3, 0.4) is 0 Å². The highest BCUT2D eigenvalue weighted by Crippen LogP contribution is 2.15. The van der Waals surface area contributed by atoms with Crippen molar-refractivity contribution in [2.24, 2.45) is 10.2 Å². The van der Waals surface area contributed by atoms with E-state index in [2.05, 4.69) is 20.1 Å². The Kier molecular flexibility index (Phi) is 20.1. The van der Waals surface area contributed by atoms with Gasteiger partial charge in [0.05, 0.1) is 54.3 Å². The third-order valence-corrected chi connectivity index (χ3v) is 9.67. The van der Waals surface area contributed by atoms with Crippen LogP contribution in [0.5, 0.6) is 0 Å². The second-order valence-electron chi connectivity index (χ2n) is 9.56. The third kappa shape index (κ3) is 19.1. The van der Waals surface area contributed by atoms with Crippen molar-refractivity contribution in [3.05, 3.63) is 110 Å². The zero-order chi connectivity index (χ0) is 36.8. The van der Waals surface area contributed by atoms with Crippen molar-refractivity contribution in [3.8, 4) is 0 Å². The number of ether oxygens (including phenoxy) is 2. The summed E-state index contributed by atoms with van der Waals surface area (Å²) in [5.74, 6) is 0. The molecule has 3 rings (SSSR count). The number of rotatable bonds is 17. The largest absolute Gasteiger partial charge is 0.381 e. The van der Waals surface area contributed by atoms with Crippen LogP contribution < -0.4 is 0 Å². The molecule has 0 saturated carbocycles. The van der Waals surface area contributed by atoms with Gasteiger partial charge in [-0.25, -0.2) is 8.42 Å². The zero-order valence-corrected chi connectivity index (χ0v) is 30.2. The fourth-order valence-electron chi connectivity index (χ4n) is 3.16. The van der Waals surface area contributed by atoms with Crippen molar-refractivity contribution in [3.63, 3.8) is 0 Å². The molecule has 268 valence electrons. The Morgan fingerprint density at radius 2 is 0.837 bits per heavy atom. The standard InChI is InChI=1S/C18H22O7S2.C7H7ClO2S.C4H8N6O/c1-15-3-7-17(8-4-15)26(19,20)24-13-11-23-12-14-25-27(21,22)18-9-5-16(2)6-10-18;1-6-2-4-7(5-3-6)11(8,9)10;5-9-7-1-3-11-4-2-8-10-6/h3-10H,11-14H2,1-2H3;2-5H,1H3;1-4H2. The highest BCUT2D eigenvalue weighted by molar-refractivity contribution is 8.13. The van der Waals surface area contributed by atoms with Gasteiger partial charge in [-0.1, -0.05) is 63.3 Å². The fourth-order valence-corrected chi connectivity index (χ4v) is 5.71. The molecule has 49 heavy (non-hydrogen) atoms. The maximum absolute atomic E-state index is 12.0. The van der Waals surface area contributed by atoms with E-state index in [4.69, 9.17) is 39.6 Å². The lowest BCUT2D eigenvalue weighted by Gasteiger charge is -2.08. The van der Waals surface area contributed by atoms with E-state index in [1.165, 1.54) is 36.4 Å². The molecule has 0 atom stereocenters. The van der Waals surface area contributed by atoms with Crippen LogP contribution in [0.25, 0.3) is 20.9 Å². The Morgan fingerprint density at radius 3 is 1.14 bits per heavy atom. The highest BCUT2D eigenvalue weighted by atomic mass is 35.7. The van der Waals surface area contributed by atoms with Crippen LogP contribution in [-0.2, 0) is 47.1 Å². The van der Waals surface area contributed by atoms with Crippen molar-refractivity contribution in [1.82, 2.24) is 0 Å². The molecule has 0 unspecified atom stereocenters. The molecule has 0 aliphatic rings. The lowest BCUT2D eigenvalue weighted by Crippen LogP contribution is -2.15. The Hall–Kier alpha value is -3.74. The molecule has 0 saturated heterocycles. The molecule has 0 amide bonds. The molecule has 0 heterocycles. The second-order valence-corrected chi connectivity index (χ2v) is 15.4. The summed E-state index contributed by atoms with van der Waals surface area (Å²) in [6.45, 7) is 6.55. The summed E-state index contributed by atoms with van der Waals surface area (Å²) in [6.07, 6.45) is 0. The number of aryl methyl sites for hydroxylation is 3. The fraction of sp³-hybridized carbons (Fsp3) is 0.379. The van der Waals surface area contributed by atoms with Gasteiger partial charge in [-0.2, -0.15) is 16.8 Å². The number of hydrogen-bond acceptors (Lipinski definition) is 12. The van der Waals surface area contributed by atoms with E-state index in [0.29, 0.717) is 26.3 Å². The maximum Gasteiger partial charge on any atom is 0.297 e. The number of azide groups is 2. The molecule has 16 nitrogen and oxygen atoms in total. The normalized spacial score (nSPS) is 11.1. The Balaban J connectivity index is 0.000000447. The topological polar surface area (TPSA) is 237 Å². The minimum absolute atomic E-state index is 0.0149. The van der Waals surface area contributed by atoms with Crippen LogP contribution in [0.2, 0.25) is 0 Å². The van der Waals surface area contributed by atoms with Crippen LogP contribution in [0.4, 0.5) is 0 Å². The summed E-state index contributed by atoms with van der Waals surface area (Å²) in [4.78, 5) is 5.35. The van der Waals surface area contributed by atoms with E-state index in [1.807, 2.05) is 20.8 Å². The van der Waals surface area contributed by atoms with Crippen molar-refractivity contribution in [2.45, 2.75) is 35.5 Å². The summed E-state index contributed by atoms with van der Waals surface area (Å²) in [6, 6.07) is 19.0. The van der Waals surface area contributed by atoms with E-state index >= 15 is 0 Å². The summed E-state index contributed by atoms with van der Waals surface area (Å²) in [5.41, 5.74) is 18.6. The second kappa shape index (κ2) is 22.8. The van der Waals surface area contributed by atoms with Gasteiger partial charge in [-0.15, -0.1) is 0 Å². The highest BCUT2D eigenvalue weighted by Gasteiger charge is 2.16. The first kappa shape index (κ1) is 43.3. The van der Waals surface area contributed by atoms with Crippen LogP contribution >= 0.6 is 10.7 Å². The van der Waals surface area contributed by atoms with Gasteiger partial charge in [0.15, 0.2) is 0 Å². The molecular formula is C29H37ClN6O10S3. The SMILES string of the molecule is Cc1ccc(S(=O)(=O)Cl)cc1.Cc1ccc(S(=O)(=O)OCCOCCOS(=O)(=O)c2ccc(C)cc2)cc1.[N-]=[N+]=NCCOCCN=[N+]=[N-]. The Bertz CT molecular complexity index is 1750. The molecule has 0 radical (unpaired) electrons. The predicted molar refractivity (Wildman–Crippen MR) is 183 cm³/mol. The van der Waals surface area contributed by atoms with Crippen LogP contribution in [-0.4, -0.2) is 78.0 Å². The van der Waals surface area contributed by atoms with Gasteiger partial charge in [0, 0.05) is 33.6 Å². The summed E-state index contributed by atoms with van der Waals surface area (Å²) in [7, 11) is -6.14. The first-order chi connectivity index (χ1) is 23.1. The average Bonchev–Trinajstić information content (AvgIpc) is 3.05. The quantitative estimate of drug-likeness (QED) is 0.0390. The van der Waals surface area contributed by atoms with E-state index in [9.17, 15) is 25.3 Å². The van der Waals surface area contributed by atoms with Crippen molar-refractivity contribution >= 4 is 40.0 Å². The minimum Gasteiger partial charge on any atom is -0.381 e. The van der Waals surface area contributed by atoms with Crippen molar-refractivity contribution < 1.29 is 43.1 Å². The predicted octanol–water partition coefficient (Wildman–Crippen LogP) is 5.98. The molecule has 0 bridgehead atoms. The maximum atomic E-state index is 12.0. The van der Waals surface area contributed by atoms with Crippen LogP contribution in [0.15, 0.2) is 97.7 Å². The molecule has 0 aromatic heterocycles. The molecular weight excluding hydrogens is 724 g/mol. The third-order valence-electron chi connectivity index (χ3n) is 5.65. The van der Waals surface area contributed by atoms with Gasteiger partial charge in [-0.3, -0.25) is 8.37 Å². The van der Waals surface area contributed by atoms with E-state index in [-0.39, 0.29) is 41.1 Å². The number of hydrogen-bond donors (Lipinski definition) is 0.